The van der Waals surface area contributed by atoms with Crippen molar-refractivity contribution in [3.05, 3.63) is 92.1 Å². The van der Waals surface area contributed by atoms with Gasteiger partial charge in [0, 0.05) is 15.7 Å². The largest absolute Gasteiger partial charge is 0.490 e. The lowest BCUT2D eigenvalue weighted by Crippen LogP contribution is -2.13. The normalized spacial score (nSPS) is 10.9. The topological polar surface area (TPSA) is 71.3 Å². The smallest absolute Gasteiger partial charge is 0.266 e. The molecule has 0 atom stereocenters. The fourth-order valence-electron chi connectivity index (χ4n) is 2.89. The maximum absolute atomic E-state index is 13.9. The second kappa shape index (κ2) is 11.6. The predicted octanol–water partition coefficient (Wildman–Crippen LogP) is 6.87. The van der Waals surface area contributed by atoms with Gasteiger partial charge in [0.25, 0.3) is 5.91 Å². The molecule has 0 aromatic heterocycles. The molecule has 3 aromatic rings. The van der Waals surface area contributed by atoms with E-state index in [1.807, 2.05) is 13.0 Å². The zero-order chi connectivity index (χ0) is 23.8. The minimum atomic E-state index is -0.534. The molecule has 3 rings (SSSR count). The fourth-order valence-corrected chi connectivity index (χ4v) is 3.73. The summed E-state index contributed by atoms with van der Waals surface area (Å²) >= 11 is 6.79. The van der Waals surface area contributed by atoms with Crippen LogP contribution in [-0.4, -0.2) is 12.5 Å². The van der Waals surface area contributed by atoms with Gasteiger partial charge in [-0.1, -0.05) is 34.1 Å². The summed E-state index contributed by atoms with van der Waals surface area (Å²) in [4.78, 5) is 12.6. The highest BCUT2D eigenvalue weighted by Gasteiger charge is 2.15. The Morgan fingerprint density at radius 3 is 2.52 bits per heavy atom. The molecule has 3 aromatic carbocycles. The summed E-state index contributed by atoms with van der Waals surface area (Å²) in [5.74, 6) is -0.0921. The van der Waals surface area contributed by atoms with Gasteiger partial charge in [0.15, 0.2) is 11.5 Å². The quantitative estimate of drug-likeness (QED) is 0.236. The molecule has 1 N–H and O–H groups in total. The summed E-state index contributed by atoms with van der Waals surface area (Å²) in [6.07, 6.45) is 1.46. The second-order valence-corrected chi connectivity index (χ2v) is 8.54. The van der Waals surface area contributed by atoms with Crippen molar-refractivity contribution in [2.24, 2.45) is 0 Å². The van der Waals surface area contributed by atoms with E-state index in [4.69, 9.17) is 9.47 Å². The molecule has 0 spiro atoms. The van der Waals surface area contributed by atoms with Gasteiger partial charge in [0.2, 0.25) is 0 Å². The summed E-state index contributed by atoms with van der Waals surface area (Å²) in [5.41, 5.74) is 1.46. The highest BCUT2D eigenvalue weighted by molar-refractivity contribution is 9.10. The van der Waals surface area contributed by atoms with Crippen molar-refractivity contribution in [3.8, 4) is 17.6 Å². The zero-order valence-corrected chi connectivity index (χ0v) is 20.7. The van der Waals surface area contributed by atoms with Crippen LogP contribution >= 0.6 is 31.9 Å². The number of hydrogen-bond acceptors (Lipinski definition) is 4. The molecule has 0 radical (unpaired) electrons. The van der Waals surface area contributed by atoms with E-state index in [1.165, 1.54) is 12.1 Å². The third-order valence-corrected chi connectivity index (χ3v) is 5.56. The predicted molar refractivity (Wildman–Crippen MR) is 132 cm³/mol. The minimum Gasteiger partial charge on any atom is -0.490 e. The van der Waals surface area contributed by atoms with Crippen LogP contribution < -0.4 is 14.8 Å². The van der Waals surface area contributed by atoms with Gasteiger partial charge in [-0.25, -0.2) is 4.39 Å². The molecular weight excluding hydrogens is 555 g/mol. The Hall–Kier alpha value is -3.15. The van der Waals surface area contributed by atoms with Gasteiger partial charge in [-0.3, -0.25) is 4.79 Å². The lowest BCUT2D eigenvalue weighted by Gasteiger charge is -2.15. The zero-order valence-electron chi connectivity index (χ0n) is 17.6. The molecule has 0 saturated carbocycles. The molecule has 0 aliphatic rings. The van der Waals surface area contributed by atoms with Crippen molar-refractivity contribution < 1.29 is 18.7 Å². The first-order valence-electron chi connectivity index (χ1n) is 9.92. The van der Waals surface area contributed by atoms with Crippen LogP contribution in [0.5, 0.6) is 11.5 Å². The Balaban J connectivity index is 1.85. The van der Waals surface area contributed by atoms with Gasteiger partial charge in [-0.2, -0.15) is 5.26 Å². The van der Waals surface area contributed by atoms with E-state index in [-0.39, 0.29) is 18.0 Å². The summed E-state index contributed by atoms with van der Waals surface area (Å²) < 4.78 is 26.9. The number of hydrogen-bond donors (Lipinski definition) is 1. The number of carbonyl (C=O) groups is 1. The Morgan fingerprint density at radius 1 is 1.12 bits per heavy atom. The summed E-state index contributed by atoms with van der Waals surface area (Å²) in [5, 5.41) is 12.2. The van der Waals surface area contributed by atoms with Crippen LogP contribution in [0.4, 0.5) is 10.1 Å². The van der Waals surface area contributed by atoms with E-state index in [1.54, 1.807) is 54.6 Å². The molecular formula is C25H19Br2FN2O3. The van der Waals surface area contributed by atoms with E-state index >= 15 is 0 Å². The number of halogens is 3. The standard InChI is InChI=1S/C25H19Br2FN2O3/c1-2-32-23-13-16(11-18(14-29)25(31)30-20-9-7-19(26)8-10-20)12-21(27)24(23)33-15-17-5-3-4-6-22(17)28/h3-13H,2,15H2,1H3,(H,30,31)/b18-11+. The first-order valence-corrected chi connectivity index (χ1v) is 11.5. The van der Waals surface area contributed by atoms with E-state index < -0.39 is 5.91 Å². The van der Waals surface area contributed by atoms with Crippen LogP contribution in [-0.2, 0) is 11.4 Å². The van der Waals surface area contributed by atoms with Crippen molar-refractivity contribution in [2.45, 2.75) is 13.5 Å². The maximum Gasteiger partial charge on any atom is 0.266 e. The van der Waals surface area contributed by atoms with Crippen LogP contribution in [0.2, 0.25) is 0 Å². The molecule has 0 aliphatic carbocycles. The highest BCUT2D eigenvalue weighted by atomic mass is 79.9. The molecule has 0 unspecified atom stereocenters. The third kappa shape index (κ3) is 6.67. The maximum atomic E-state index is 13.9. The second-order valence-electron chi connectivity index (χ2n) is 6.77. The Morgan fingerprint density at radius 2 is 1.85 bits per heavy atom. The molecule has 1 amide bonds. The van der Waals surface area contributed by atoms with E-state index in [0.717, 1.165) is 4.47 Å². The number of rotatable bonds is 8. The van der Waals surface area contributed by atoms with Crippen LogP contribution in [0, 0.1) is 17.1 Å². The van der Waals surface area contributed by atoms with Crippen LogP contribution in [0.3, 0.4) is 0 Å². The molecule has 0 fully saturated rings. The Labute approximate surface area is 208 Å². The van der Waals surface area contributed by atoms with Crippen molar-refractivity contribution >= 4 is 49.5 Å². The number of carbonyl (C=O) groups excluding carboxylic acids is 1. The van der Waals surface area contributed by atoms with Gasteiger partial charge in [0.05, 0.1) is 11.1 Å². The Bertz CT molecular complexity index is 1220. The Kier molecular flexibility index (Phi) is 8.64. The highest BCUT2D eigenvalue weighted by Crippen LogP contribution is 2.38. The van der Waals surface area contributed by atoms with Crippen LogP contribution in [0.15, 0.2) is 75.2 Å². The summed E-state index contributed by atoms with van der Waals surface area (Å²) in [6.45, 7) is 2.20. The van der Waals surface area contributed by atoms with Gasteiger partial charge in [0.1, 0.15) is 24.1 Å². The number of nitriles is 1. The number of nitrogens with zero attached hydrogens (tertiary/aromatic N) is 1. The molecule has 0 bridgehead atoms. The first kappa shape index (κ1) is 24.5. The van der Waals surface area contributed by atoms with E-state index in [2.05, 4.69) is 37.2 Å². The lowest BCUT2D eigenvalue weighted by molar-refractivity contribution is -0.112. The molecule has 33 heavy (non-hydrogen) atoms. The molecule has 0 aliphatic heterocycles. The number of amides is 1. The number of ether oxygens (including phenoxy) is 2. The number of nitrogens with one attached hydrogen (secondary N) is 1. The SMILES string of the molecule is CCOc1cc(/C=C(\C#N)C(=O)Nc2ccc(Br)cc2)cc(Br)c1OCc1ccccc1F. The third-order valence-electron chi connectivity index (χ3n) is 4.44. The number of anilines is 1. The average molecular weight is 574 g/mol. The lowest BCUT2D eigenvalue weighted by atomic mass is 10.1. The fraction of sp³-hybridized carbons (Fsp3) is 0.120. The van der Waals surface area contributed by atoms with Crippen LogP contribution in [0.25, 0.3) is 6.08 Å². The van der Waals surface area contributed by atoms with Gasteiger partial charge >= 0.3 is 0 Å². The van der Waals surface area contributed by atoms with Crippen LogP contribution in [0.1, 0.15) is 18.1 Å². The summed E-state index contributed by atoms with van der Waals surface area (Å²) in [7, 11) is 0. The molecule has 0 saturated heterocycles. The van der Waals surface area contributed by atoms with Gasteiger partial charge < -0.3 is 14.8 Å². The molecule has 0 heterocycles. The molecule has 5 nitrogen and oxygen atoms in total. The van der Waals surface area contributed by atoms with Crippen molar-refractivity contribution in [3.63, 3.8) is 0 Å². The van der Waals surface area contributed by atoms with Crippen molar-refractivity contribution in [1.82, 2.24) is 0 Å². The number of benzene rings is 3. The summed E-state index contributed by atoms with van der Waals surface area (Å²) in [6, 6.07) is 18.7. The van der Waals surface area contributed by atoms with Gasteiger partial charge in [-0.05, 0) is 77.0 Å². The minimum absolute atomic E-state index is 0.0135. The first-order chi connectivity index (χ1) is 15.9. The van der Waals surface area contributed by atoms with Crippen molar-refractivity contribution in [1.29, 1.82) is 5.26 Å². The van der Waals surface area contributed by atoms with Gasteiger partial charge in [-0.15, -0.1) is 0 Å². The monoisotopic (exact) mass is 572 g/mol. The molecule has 168 valence electrons. The van der Waals surface area contributed by atoms with E-state index in [0.29, 0.717) is 39.4 Å². The van der Waals surface area contributed by atoms with Crippen molar-refractivity contribution in [2.75, 3.05) is 11.9 Å². The average Bonchev–Trinajstić information content (AvgIpc) is 2.79. The van der Waals surface area contributed by atoms with E-state index in [9.17, 15) is 14.4 Å². The molecule has 8 heteroatoms.